The number of carbonyl (C=O) groups is 2. The van der Waals surface area contributed by atoms with E-state index in [-0.39, 0.29) is 22.6 Å². The molecule has 0 saturated carbocycles. The Kier molecular flexibility index (Phi) is 9.04. The Labute approximate surface area is 270 Å². The lowest BCUT2D eigenvalue weighted by molar-refractivity contribution is -0.113. The molecule has 1 atom stereocenters. The van der Waals surface area contributed by atoms with E-state index in [0.29, 0.717) is 28.2 Å². The highest BCUT2D eigenvalue weighted by molar-refractivity contribution is 7.99. The lowest BCUT2D eigenvalue weighted by Crippen LogP contribution is -2.29. The monoisotopic (exact) mass is 649 g/mol. The van der Waals surface area contributed by atoms with Gasteiger partial charge in [-0.05, 0) is 73.0 Å². The Balaban J connectivity index is 1.31. The number of hydrogen-bond donors (Lipinski definition) is 1. The average Bonchev–Trinajstić information content (AvgIpc) is 3.59. The maximum atomic E-state index is 14.2. The van der Waals surface area contributed by atoms with Gasteiger partial charge in [-0.2, -0.15) is 0 Å². The summed E-state index contributed by atoms with van der Waals surface area (Å²) in [5.41, 5.74) is 3.87. The maximum Gasteiger partial charge on any atom is 0.341 e. The zero-order valence-electron chi connectivity index (χ0n) is 25.8. The number of benzene rings is 1. The van der Waals surface area contributed by atoms with Crippen LogP contribution in [0.15, 0.2) is 40.3 Å². The number of rotatable bonds is 9. The van der Waals surface area contributed by atoms with Crippen LogP contribution in [0.1, 0.15) is 83.3 Å². The van der Waals surface area contributed by atoms with Crippen molar-refractivity contribution >= 4 is 61.5 Å². The van der Waals surface area contributed by atoms with Gasteiger partial charge in [-0.3, -0.25) is 14.2 Å². The molecule has 0 radical (unpaired) electrons. The first-order chi connectivity index (χ1) is 21.2. The molecule has 0 bridgehead atoms. The van der Waals surface area contributed by atoms with E-state index in [2.05, 4.69) is 26.1 Å². The van der Waals surface area contributed by atoms with Crippen molar-refractivity contribution in [3.8, 4) is 0 Å². The molecule has 4 aromatic rings. The summed E-state index contributed by atoms with van der Waals surface area (Å²) in [5.74, 6) is -0.0138. The molecule has 3 aromatic heterocycles. The standard InChI is InChI=1S/C34H39N3O4S3/c1-5-34(2,3)21-15-16-23-25(17-21)44-29-27(23)31(39)37(18-20-11-7-6-8-12-20)33(36-29)42-19-26(38)35-30-28(32(40)41-4)22-13-9-10-14-24(22)43-30/h6-8,11-12,21H,5,9-10,13-19H2,1-4H3,(H,35,38)/t21-/m0/s1. The van der Waals surface area contributed by atoms with Crippen molar-refractivity contribution in [2.24, 2.45) is 11.3 Å². The minimum Gasteiger partial charge on any atom is -0.465 e. The summed E-state index contributed by atoms with van der Waals surface area (Å²) in [6, 6.07) is 9.90. The van der Waals surface area contributed by atoms with Crippen molar-refractivity contribution < 1.29 is 14.3 Å². The molecule has 2 aliphatic rings. The number of nitrogens with zero attached hydrogens (tertiary/aromatic N) is 2. The number of aromatic nitrogens is 2. The molecule has 6 rings (SSSR count). The number of fused-ring (bicyclic) bond motifs is 4. The minimum atomic E-state index is -0.414. The Bertz CT molecular complexity index is 1770. The molecule has 0 saturated heterocycles. The molecule has 0 unspecified atom stereocenters. The Morgan fingerprint density at radius 3 is 2.61 bits per heavy atom. The Morgan fingerprint density at radius 2 is 1.86 bits per heavy atom. The van der Waals surface area contributed by atoms with Gasteiger partial charge < -0.3 is 10.1 Å². The van der Waals surface area contributed by atoms with Crippen LogP contribution in [-0.4, -0.2) is 34.3 Å². The van der Waals surface area contributed by atoms with Crippen molar-refractivity contribution in [3.05, 3.63) is 72.7 Å². The summed E-state index contributed by atoms with van der Waals surface area (Å²) in [5, 5.41) is 4.81. The molecule has 232 valence electrons. The number of amides is 1. The quantitative estimate of drug-likeness (QED) is 0.115. The predicted octanol–water partition coefficient (Wildman–Crippen LogP) is 7.51. The van der Waals surface area contributed by atoms with Gasteiger partial charge in [-0.25, -0.2) is 9.78 Å². The molecule has 3 heterocycles. The number of nitrogens with one attached hydrogen (secondary N) is 1. The lowest BCUT2D eigenvalue weighted by atomic mass is 9.70. The zero-order chi connectivity index (χ0) is 31.0. The number of aryl methyl sites for hydroxylation is 2. The van der Waals surface area contributed by atoms with Crippen LogP contribution in [0.2, 0.25) is 0 Å². The lowest BCUT2D eigenvalue weighted by Gasteiger charge is -2.36. The fourth-order valence-corrected chi connectivity index (χ4v) is 9.91. The summed E-state index contributed by atoms with van der Waals surface area (Å²) >= 11 is 4.38. The van der Waals surface area contributed by atoms with Gasteiger partial charge in [0.25, 0.3) is 5.56 Å². The van der Waals surface area contributed by atoms with Crippen molar-refractivity contribution in [2.75, 3.05) is 18.2 Å². The number of esters is 1. The van der Waals surface area contributed by atoms with Crippen LogP contribution in [0.3, 0.4) is 0 Å². The van der Waals surface area contributed by atoms with Crippen LogP contribution in [0.25, 0.3) is 10.2 Å². The fraction of sp³-hybridized carbons (Fsp3) is 0.471. The van der Waals surface area contributed by atoms with Gasteiger partial charge in [0, 0.05) is 9.75 Å². The summed E-state index contributed by atoms with van der Waals surface area (Å²) in [6.45, 7) is 7.33. The normalized spacial score (nSPS) is 16.4. The number of ether oxygens (including phenoxy) is 1. The van der Waals surface area contributed by atoms with E-state index < -0.39 is 5.97 Å². The van der Waals surface area contributed by atoms with Gasteiger partial charge in [0.15, 0.2) is 5.16 Å². The summed E-state index contributed by atoms with van der Waals surface area (Å²) in [6.07, 6.45) is 7.90. The molecule has 2 aliphatic carbocycles. The number of carbonyl (C=O) groups excluding carboxylic acids is 2. The number of methoxy groups -OCH3 is 1. The predicted molar refractivity (Wildman–Crippen MR) is 181 cm³/mol. The van der Waals surface area contributed by atoms with Crippen LogP contribution in [0.4, 0.5) is 5.00 Å². The third kappa shape index (κ3) is 6.00. The largest absolute Gasteiger partial charge is 0.465 e. The van der Waals surface area contributed by atoms with E-state index in [1.54, 1.807) is 15.9 Å². The zero-order valence-corrected chi connectivity index (χ0v) is 28.2. The molecule has 10 heteroatoms. The third-order valence-corrected chi connectivity index (χ3v) is 12.8. The smallest absolute Gasteiger partial charge is 0.341 e. The summed E-state index contributed by atoms with van der Waals surface area (Å²) in [7, 11) is 1.37. The highest BCUT2D eigenvalue weighted by Crippen LogP contribution is 2.44. The number of thiophene rings is 2. The molecule has 1 amide bonds. The molecule has 0 fully saturated rings. The van der Waals surface area contributed by atoms with Crippen molar-refractivity contribution in [1.29, 1.82) is 0 Å². The molecule has 7 nitrogen and oxygen atoms in total. The van der Waals surface area contributed by atoms with E-state index in [0.717, 1.165) is 77.6 Å². The number of thioether (sulfide) groups is 1. The van der Waals surface area contributed by atoms with Gasteiger partial charge >= 0.3 is 5.97 Å². The summed E-state index contributed by atoms with van der Waals surface area (Å²) < 4.78 is 6.80. The molecule has 44 heavy (non-hydrogen) atoms. The highest BCUT2D eigenvalue weighted by atomic mass is 32.2. The number of anilines is 1. The van der Waals surface area contributed by atoms with Crippen LogP contribution >= 0.6 is 34.4 Å². The first-order valence-electron chi connectivity index (χ1n) is 15.4. The third-order valence-electron chi connectivity index (χ3n) is 9.48. The van der Waals surface area contributed by atoms with E-state index in [1.165, 1.54) is 40.6 Å². The molecule has 0 aliphatic heterocycles. The van der Waals surface area contributed by atoms with E-state index in [9.17, 15) is 14.4 Å². The second-order valence-corrected chi connectivity index (χ2v) is 15.6. The second kappa shape index (κ2) is 12.8. The molecule has 0 spiro atoms. The van der Waals surface area contributed by atoms with Crippen molar-refractivity contribution in [3.63, 3.8) is 0 Å². The summed E-state index contributed by atoms with van der Waals surface area (Å²) in [4.78, 5) is 48.4. The number of hydrogen-bond acceptors (Lipinski definition) is 8. The second-order valence-electron chi connectivity index (χ2n) is 12.5. The van der Waals surface area contributed by atoms with Crippen LogP contribution in [-0.2, 0) is 41.8 Å². The van der Waals surface area contributed by atoms with Crippen LogP contribution in [0.5, 0.6) is 0 Å². The van der Waals surface area contributed by atoms with Crippen molar-refractivity contribution in [2.45, 2.75) is 83.8 Å². The Hall–Kier alpha value is -2.95. The van der Waals surface area contributed by atoms with Gasteiger partial charge in [0.2, 0.25) is 5.91 Å². The SMILES string of the molecule is CCC(C)(C)[C@H]1CCc2c(sc3nc(SCC(=O)Nc4sc5c(c4C(=O)OC)CCCC5)n(Cc4ccccc4)c(=O)c23)C1. The van der Waals surface area contributed by atoms with E-state index in [1.807, 2.05) is 30.3 Å². The Morgan fingerprint density at radius 1 is 1.09 bits per heavy atom. The van der Waals surface area contributed by atoms with Gasteiger partial charge in [-0.1, -0.05) is 69.3 Å². The molecular formula is C34H39N3O4S3. The van der Waals surface area contributed by atoms with Crippen LogP contribution < -0.4 is 10.9 Å². The topological polar surface area (TPSA) is 90.3 Å². The first-order valence-corrected chi connectivity index (χ1v) is 18.1. The van der Waals surface area contributed by atoms with Gasteiger partial charge in [0.05, 0.1) is 30.4 Å². The first kappa shape index (κ1) is 31.0. The minimum absolute atomic E-state index is 0.0358. The average molecular weight is 650 g/mol. The van der Waals surface area contributed by atoms with Crippen molar-refractivity contribution in [1.82, 2.24) is 9.55 Å². The highest BCUT2D eigenvalue weighted by Gasteiger charge is 2.34. The molecule has 1 aromatic carbocycles. The van der Waals surface area contributed by atoms with E-state index in [4.69, 9.17) is 9.72 Å². The maximum absolute atomic E-state index is 14.2. The molecular weight excluding hydrogens is 611 g/mol. The van der Waals surface area contributed by atoms with Gasteiger partial charge in [0.1, 0.15) is 9.83 Å². The molecule has 1 N–H and O–H groups in total. The van der Waals surface area contributed by atoms with Gasteiger partial charge in [-0.15, -0.1) is 22.7 Å². The van der Waals surface area contributed by atoms with Crippen LogP contribution in [0, 0.1) is 11.3 Å². The van der Waals surface area contributed by atoms with E-state index >= 15 is 0 Å². The fourth-order valence-electron chi connectivity index (χ4n) is 6.48.